The number of carbonyl (C=O) groups is 2. The van der Waals surface area contributed by atoms with Gasteiger partial charge in [0, 0.05) is 17.3 Å². The number of ether oxygens (including phenoxy) is 1. The molecule has 5 nitrogen and oxygen atoms in total. The predicted octanol–water partition coefficient (Wildman–Crippen LogP) is 3.90. The van der Waals surface area contributed by atoms with Gasteiger partial charge in [-0.3, -0.25) is 9.59 Å². The summed E-state index contributed by atoms with van der Waals surface area (Å²) >= 11 is 6.01. The molecule has 1 aliphatic carbocycles. The first kappa shape index (κ1) is 17.9. The monoisotopic (exact) mass is 384 g/mol. The van der Waals surface area contributed by atoms with Crippen LogP contribution in [0.25, 0.3) is 0 Å². The van der Waals surface area contributed by atoms with Crippen molar-refractivity contribution in [3.63, 3.8) is 0 Å². The SMILES string of the molecule is COc1ccc(Cl)cc1NC(=O)C1CC1C(=O)N1CCCc2ccccc21. The number of methoxy groups -OCH3 is 1. The molecule has 1 fully saturated rings. The van der Waals surface area contributed by atoms with Gasteiger partial charge < -0.3 is 15.0 Å². The number of carbonyl (C=O) groups excluding carboxylic acids is 2. The van der Waals surface area contributed by atoms with Gasteiger partial charge in [-0.2, -0.15) is 0 Å². The Balaban J connectivity index is 1.45. The lowest BCUT2D eigenvalue weighted by molar-refractivity contribution is -0.123. The Labute approximate surface area is 163 Å². The molecule has 0 radical (unpaired) electrons. The highest BCUT2D eigenvalue weighted by Gasteiger charge is 2.50. The number of nitrogens with zero attached hydrogens (tertiary/aromatic N) is 1. The largest absolute Gasteiger partial charge is 0.495 e. The Morgan fingerprint density at radius 3 is 2.81 bits per heavy atom. The lowest BCUT2D eigenvalue weighted by Crippen LogP contribution is -2.37. The van der Waals surface area contributed by atoms with E-state index in [9.17, 15) is 9.59 Å². The van der Waals surface area contributed by atoms with Crippen LogP contribution < -0.4 is 15.0 Å². The number of rotatable bonds is 4. The summed E-state index contributed by atoms with van der Waals surface area (Å²) < 4.78 is 5.26. The molecule has 1 aliphatic heterocycles. The van der Waals surface area contributed by atoms with E-state index in [1.165, 1.54) is 12.7 Å². The first-order valence-corrected chi connectivity index (χ1v) is 9.50. The highest BCUT2D eigenvalue weighted by Crippen LogP contribution is 2.43. The van der Waals surface area contributed by atoms with Crippen LogP contribution >= 0.6 is 11.6 Å². The molecule has 1 N–H and O–H groups in total. The van der Waals surface area contributed by atoms with E-state index in [4.69, 9.17) is 16.3 Å². The number of amides is 2. The maximum Gasteiger partial charge on any atom is 0.230 e. The first-order valence-electron chi connectivity index (χ1n) is 9.12. The molecule has 0 spiro atoms. The van der Waals surface area contributed by atoms with Crippen LogP contribution in [0.5, 0.6) is 5.75 Å². The molecule has 27 heavy (non-hydrogen) atoms. The van der Waals surface area contributed by atoms with Crippen LogP contribution in [-0.2, 0) is 16.0 Å². The number of anilines is 2. The molecule has 6 heteroatoms. The number of hydrogen-bond donors (Lipinski definition) is 1. The standard InChI is InChI=1S/C21H21ClN2O3/c1-27-19-9-8-14(22)11-17(19)23-20(25)15-12-16(15)21(26)24-10-4-6-13-5-2-3-7-18(13)24/h2-3,5,7-9,11,15-16H,4,6,10,12H2,1H3,(H,23,25). The summed E-state index contributed by atoms with van der Waals surface area (Å²) in [5, 5.41) is 3.37. The molecule has 1 saturated carbocycles. The molecule has 0 aromatic heterocycles. The molecule has 140 valence electrons. The van der Waals surface area contributed by atoms with E-state index in [0.29, 0.717) is 29.4 Å². The maximum atomic E-state index is 13.0. The van der Waals surface area contributed by atoms with E-state index in [0.717, 1.165) is 18.5 Å². The Morgan fingerprint density at radius 2 is 2.00 bits per heavy atom. The van der Waals surface area contributed by atoms with Crippen LogP contribution in [0.4, 0.5) is 11.4 Å². The van der Waals surface area contributed by atoms with Gasteiger partial charge in [-0.05, 0) is 49.1 Å². The predicted molar refractivity (Wildman–Crippen MR) is 105 cm³/mol. The van der Waals surface area contributed by atoms with E-state index in [-0.39, 0.29) is 23.7 Å². The highest BCUT2D eigenvalue weighted by molar-refractivity contribution is 6.31. The van der Waals surface area contributed by atoms with Crippen LogP contribution in [0.1, 0.15) is 18.4 Å². The normalized spacial score (nSPS) is 20.6. The molecule has 2 unspecified atom stereocenters. The average molecular weight is 385 g/mol. The second kappa shape index (κ2) is 7.24. The fraction of sp³-hybridized carbons (Fsp3) is 0.333. The second-order valence-electron chi connectivity index (χ2n) is 7.00. The molecule has 0 bridgehead atoms. The zero-order valence-corrected chi connectivity index (χ0v) is 15.8. The first-order chi connectivity index (χ1) is 13.1. The van der Waals surface area contributed by atoms with Gasteiger partial charge in [0.1, 0.15) is 5.75 Å². The van der Waals surface area contributed by atoms with Crippen LogP contribution in [0, 0.1) is 11.8 Å². The van der Waals surface area contributed by atoms with Gasteiger partial charge in [-0.15, -0.1) is 0 Å². The Hall–Kier alpha value is -2.53. The van der Waals surface area contributed by atoms with Crippen molar-refractivity contribution < 1.29 is 14.3 Å². The van der Waals surface area contributed by atoms with Crippen molar-refractivity contribution in [2.75, 3.05) is 23.9 Å². The van der Waals surface area contributed by atoms with Crippen LogP contribution in [0.3, 0.4) is 0 Å². The van der Waals surface area contributed by atoms with Gasteiger partial charge in [0.25, 0.3) is 0 Å². The zero-order valence-electron chi connectivity index (χ0n) is 15.1. The van der Waals surface area contributed by atoms with E-state index < -0.39 is 0 Å². The molecule has 0 saturated heterocycles. The van der Waals surface area contributed by atoms with Crippen molar-refractivity contribution in [2.24, 2.45) is 11.8 Å². The van der Waals surface area contributed by atoms with Gasteiger partial charge in [0.05, 0.1) is 24.6 Å². The third-order valence-electron chi connectivity index (χ3n) is 5.24. The quantitative estimate of drug-likeness (QED) is 0.869. The van der Waals surface area contributed by atoms with Gasteiger partial charge >= 0.3 is 0 Å². The molecule has 2 aliphatic rings. The fourth-order valence-corrected chi connectivity index (χ4v) is 3.90. The van der Waals surface area contributed by atoms with Crippen LogP contribution in [0.2, 0.25) is 5.02 Å². The average Bonchev–Trinajstić information content (AvgIpc) is 3.48. The van der Waals surface area contributed by atoms with Gasteiger partial charge in [-0.25, -0.2) is 0 Å². The number of benzene rings is 2. The summed E-state index contributed by atoms with van der Waals surface area (Å²) in [5.41, 5.74) is 2.70. The van der Waals surface area contributed by atoms with Crippen LogP contribution in [-0.4, -0.2) is 25.5 Å². The maximum absolute atomic E-state index is 13.0. The van der Waals surface area contributed by atoms with Crippen molar-refractivity contribution in [1.29, 1.82) is 0 Å². The lowest BCUT2D eigenvalue weighted by atomic mass is 10.0. The summed E-state index contributed by atoms with van der Waals surface area (Å²) in [6.45, 7) is 0.711. The van der Waals surface area contributed by atoms with Gasteiger partial charge in [-0.1, -0.05) is 29.8 Å². The number of nitrogens with one attached hydrogen (secondary N) is 1. The molecule has 2 aromatic rings. The minimum atomic E-state index is -0.310. The van der Waals surface area contributed by atoms with E-state index in [2.05, 4.69) is 11.4 Å². The fourth-order valence-electron chi connectivity index (χ4n) is 3.72. The topological polar surface area (TPSA) is 58.6 Å². The number of hydrogen-bond acceptors (Lipinski definition) is 3. The smallest absolute Gasteiger partial charge is 0.230 e. The Morgan fingerprint density at radius 1 is 1.19 bits per heavy atom. The Kier molecular flexibility index (Phi) is 4.79. The second-order valence-corrected chi connectivity index (χ2v) is 7.44. The van der Waals surface area contributed by atoms with Crippen molar-refractivity contribution in [3.8, 4) is 5.75 Å². The summed E-state index contributed by atoms with van der Waals surface area (Å²) in [6.07, 6.45) is 2.52. The summed E-state index contributed by atoms with van der Waals surface area (Å²) in [5.74, 6) is -0.155. The molecule has 1 heterocycles. The number of fused-ring (bicyclic) bond motifs is 1. The van der Waals surface area contributed by atoms with Gasteiger partial charge in [0.2, 0.25) is 11.8 Å². The molecule has 2 atom stereocenters. The van der Waals surface area contributed by atoms with E-state index in [1.807, 2.05) is 23.1 Å². The summed E-state index contributed by atoms with van der Waals surface area (Å²) in [4.78, 5) is 27.4. The Bertz CT molecular complexity index is 899. The lowest BCUT2D eigenvalue weighted by Gasteiger charge is -2.29. The molecule has 2 aromatic carbocycles. The minimum absolute atomic E-state index is 0.0420. The number of aryl methyl sites for hydroxylation is 1. The molecule has 4 rings (SSSR count). The van der Waals surface area contributed by atoms with Crippen molar-refractivity contribution in [2.45, 2.75) is 19.3 Å². The molecular weight excluding hydrogens is 364 g/mol. The third kappa shape index (κ3) is 3.52. The van der Waals surface area contributed by atoms with Crippen molar-refractivity contribution in [3.05, 3.63) is 53.1 Å². The minimum Gasteiger partial charge on any atom is -0.495 e. The molecular formula is C21H21ClN2O3. The van der Waals surface area contributed by atoms with Crippen molar-refractivity contribution in [1.82, 2.24) is 0 Å². The summed E-state index contributed by atoms with van der Waals surface area (Å²) in [6, 6.07) is 13.1. The third-order valence-corrected chi connectivity index (χ3v) is 5.48. The highest BCUT2D eigenvalue weighted by atomic mass is 35.5. The van der Waals surface area contributed by atoms with E-state index in [1.54, 1.807) is 18.2 Å². The summed E-state index contributed by atoms with van der Waals surface area (Å²) in [7, 11) is 1.54. The van der Waals surface area contributed by atoms with Crippen molar-refractivity contribution >= 4 is 34.8 Å². The zero-order chi connectivity index (χ0) is 19.0. The number of halogens is 1. The van der Waals surface area contributed by atoms with Crippen LogP contribution in [0.15, 0.2) is 42.5 Å². The van der Waals surface area contributed by atoms with E-state index >= 15 is 0 Å². The molecule has 2 amide bonds. The number of para-hydroxylation sites is 1. The van der Waals surface area contributed by atoms with Gasteiger partial charge in [0.15, 0.2) is 0 Å².